The number of carbonyl (C=O) groups is 1. The van der Waals surface area contributed by atoms with Crippen LogP contribution in [0.4, 0.5) is 0 Å². The predicted octanol–water partition coefficient (Wildman–Crippen LogP) is 3.04. The predicted molar refractivity (Wildman–Crippen MR) is 80.0 cm³/mol. The summed E-state index contributed by atoms with van der Waals surface area (Å²) in [5, 5.41) is 8.63. The zero-order chi connectivity index (χ0) is 14.7. The van der Waals surface area contributed by atoms with E-state index in [0.717, 1.165) is 10.4 Å². The highest BCUT2D eigenvalue weighted by Gasteiger charge is 2.12. The van der Waals surface area contributed by atoms with E-state index < -0.39 is 0 Å². The molecule has 5 nitrogen and oxygen atoms in total. The van der Waals surface area contributed by atoms with Gasteiger partial charge in [0.2, 0.25) is 11.7 Å². The number of benzene rings is 1. The number of aryl methyl sites for hydroxylation is 1. The van der Waals surface area contributed by atoms with Crippen molar-refractivity contribution in [2.24, 2.45) is 0 Å². The molecule has 2 aromatic heterocycles. The van der Waals surface area contributed by atoms with E-state index in [1.807, 2.05) is 42.6 Å². The van der Waals surface area contributed by atoms with Gasteiger partial charge in [0.1, 0.15) is 0 Å². The number of nitrogens with one attached hydrogen (secondary N) is 1. The maximum Gasteiger partial charge on any atom is 0.251 e. The molecule has 1 amide bonds. The summed E-state index contributed by atoms with van der Waals surface area (Å²) in [6.07, 6.45) is 0. The van der Waals surface area contributed by atoms with Crippen LogP contribution in [0.5, 0.6) is 0 Å². The normalized spacial score (nSPS) is 10.5. The lowest BCUT2D eigenvalue weighted by molar-refractivity contribution is 0.0945. The molecule has 0 saturated heterocycles. The molecule has 3 rings (SSSR count). The maximum atomic E-state index is 12.1. The Morgan fingerprint density at radius 1 is 1.29 bits per heavy atom. The third kappa shape index (κ3) is 3.00. The van der Waals surface area contributed by atoms with E-state index in [1.54, 1.807) is 17.4 Å². The molecule has 106 valence electrons. The van der Waals surface area contributed by atoms with Crippen molar-refractivity contribution in [3.05, 3.63) is 58.8 Å². The highest BCUT2D eigenvalue weighted by Crippen LogP contribution is 2.21. The van der Waals surface area contributed by atoms with Gasteiger partial charge in [-0.25, -0.2) is 0 Å². The van der Waals surface area contributed by atoms with Crippen molar-refractivity contribution in [3.8, 4) is 10.7 Å². The summed E-state index contributed by atoms with van der Waals surface area (Å²) < 4.78 is 5.14. The Labute approximate surface area is 125 Å². The fourth-order valence-electron chi connectivity index (χ4n) is 1.91. The molecule has 0 unspecified atom stereocenters. The molecule has 0 radical (unpaired) electrons. The SMILES string of the molecule is Cc1ccccc1C(=O)NCc1nc(-c2cccs2)no1. The van der Waals surface area contributed by atoms with E-state index in [9.17, 15) is 4.79 Å². The molecule has 3 aromatic rings. The maximum absolute atomic E-state index is 12.1. The Bertz CT molecular complexity index is 750. The summed E-state index contributed by atoms with van der Waals surface area (Å²) in [6.45, 7) is 2.11. The minimum absolute atomic E-state index is 0.149. The molecule has 1 aromatic carbocycles. The zero-order valence-electron chi connectivity index (χ0n) is 11.4. The lowest BCUT2D eigenvalue weighted by Gasteiger charge is -2.04. The topological polar surface area (TPSA) is 68.0 Å². The van der Waals surface area contributed by atoms with Gasteiger partial charge in [0.25, 0.3) is 5.91 Å². The second-order valence-corrected chi connectivity index (χ2v) is 5.43. The number of aromatic nitrogens is 2. The van der Waals surface area contributed by atoms with E-state index >= 15 is 0 Å². The smallest absolute Gasteiger partial charge is 0.251 e. The second kappa shape index (κ2) is 5.88. The molecule has 2 heterocycles. The lowest BCUT2D eigenvalue weighted by Crippen LogP contribution is -2.23. The van der Waals surface area contributed by atoms with Crippen molar-refractivity contribution in [1.82, 2.24) is 15.5 Å². The Morgan fingerprint density at radius 3 is 2.90 bits per heavy atom. The minimum atomic E-state index is -0.149. The van der Waals surface area contributed by atoms with Crippen molar-refractivity contribution in [1.29, 1.82) is 0 Å². The molecule has 0 aliphatic carbocycles. The number of carbonyl (C=O) groups excluding carboxylic acids is 1. The molecule has 0 aliphatic rings. The van der Waals surface area contributed by atoms with Gasteiger partial charge in [-0.15, -0.1) is 11.3 Å². The van der Waals surface area contributed by atoms with Gasteiger partial charge < -0.3 is 9.84 Å². The fourth-order valence-corrected chi connectivity index (χ4v) is 2.56. The molecule has 0 spiro atoms. The van der Waals surface area contributed by atoms with Gasteiger partial charge in [0, 0.05) is 5.56 Å². The van der Waals surface area contributed by atoms with Crippen LogP contribution in [-0.2, 0) is 6.54 Å². The number of nitrogens with zero attached hydrogens (tertiary/aromatic N) is 2. The molecule has 1 N–H and O–H groups in total. The molecule has 0 saturated carbocycles. The molecule has 0 aliphatic heterocycles. The van der Waals surface area contributed by atoms with E-state index in [2.05, 4.69) is 15.5 Å². The van der Waals surface area contributed by atoms with Gasteiger partial charge in [0.15, 0.2) is 0 Å². The Balaban J connectivity index is 1.66. The molecule has 0 fully saturated rings. The summed E-state index contributed by atoms with van der Waals surface area (Å²) in [7, 11) is 0. The third-order valence-electron chi connectivity index (χ3n) is 3.00. The van der Waals surface area contributed by atoms with Crippen LogP contribution in [0.25, 0.3) is 10.7 Å². The highest BCUT2D eigenvalue weighted by molar-refractivity contribution is 7.13. The minimum Gasteiger partial charge on any atom is -0.343 e. The van der Waals surface area contributed by atoms with Crippen LogP contribution in [0.1, 0.15) is 21.8 Å². The molecular formula is C15H13N3O2S. The molecule has 0 atom stereocenters. The molecule has 0 bridgehead atoms. The quantitative estimate of drug-likeness (QED) is 0.804. The van der Waals surface area contributed by atoms with Crippen molar-refractivity contribution in [2.75, 3.05) is 0 Å². The molecule has 6 heteroatoms. The van der Waals surface area contributed by atoms with Crippen LogP contribution < -0.4 is 5.32 Å². The van der Waals surface area contributed by atoms with E-state index in [4.69, 9.17) is 4.52 Å². The standard InChI is InChI=1S/C15H13N3O2S/c1-10-5-2-3-6-11(10)15(19)16-9-13-17-14(18-20-13)12-7-4-8-21-12/h2-8H,9H2,1H3,(H,16,19). The third-order valence-corrected chi connectivity index (χ3v) is 3.87. The average Bonchev–Trinajstić information content (AvgIpc) is 3.16. The summed E-state index contributed by atoms with van der Waals surface area (Å²) in [6, 6.07) is 11.3. The molecule has 21 heavy (non-hydrogen) atoms. The highest BCUT2D eigenvalue weighted by atomic mass is 32.1. The number of hydrogen-bond donors (Lipinski definition) is 1. The van der Waals surface area contributed by atoms with Gasteiger partial charge in [-0.05, 0) is 30.0 Å². The number of rotatable bonds is 4. The van der Waals surface area contributed by atoms with Gasteiger partial charge >= 0.3 is 0 Å². The number of amides is 1. The number of thiophene rings is 1. The van der Waals surface area contributed by atoms with Crippen molar-refractivity contribution < 1.29 is 9.32 Å². The average molecular weight is 299 g/mol. The van der Waals surface area contributed by atoms with E-state index in [-0.39, 0.29) is 12.5 Å². The van der Waals surface area contributed by atoms with Crippen LogP contribution in [0, 0.1) is 6.92 Å². The summed E-state index contributed by atoms with van der Waals surface area (Å²) in [5.74, 6) is 0.787. The first-order chi connectivity index (χ1) is 10.2. The zero-order valence-corrected chi connectivity index (χ0v) is 12.2. The monoisotopic (exact) mass is 299 g/mol. The first-order valence-corrected chi connectivity index (χ1v) is 7.32. The second-order valence-electron chi connectivity index (χ2n) is 4.49. The number of hydrogen-bond acceptors (Lipinski definition) is 5. The summed E-state index contributed by atoms with van der Waals surface area (Å²) in [5.41, 5.74) is 1.58. The summed E-state index contributed by atoms with van der Waals surface area (Å²) in [4.78, 5) is 17.3. The van der Waals surface area contributed by atoms with Crippen molar-refractivity contribution >= 4 is 17.2 Å². The van der Waals surface area contributed by atoms with Crippen LogP contribution >= 0.6 is 11.3 Å². The van der Waals surface area contributed by atoms with E-state index in [1.165, 1.54) is 0 Å². The van der Waals surface area contributed by atoms with Crippen molar-refractivity contribution in [2.45, 2.75) is 13.5 Å². The lowest BCUT2D eigenvalue weighted by atomic mass is 10.1. The van der Waals surface area contributed by atoms with Gasteiger partial charge in [-0.2, -0.15) is 4.98 Å². The molecular weight excluding hydrogens is 286 g/mol. The van der Waals surface area contributed by atoms with Crippen LogP contribution in [-0.4, -0.2) is 16.0 Å². The summed E-state index contributed by atoms with van der Waals surface area (Å²) >= 11 is 1.54. The van der Waals surface area contributed by atoms with E-state index in [0.29, 0.717) is 17.3 Å². The van der Waals surface area contributed by atoms with Crippen LogP contribution in [0.2, 0.25) is 0 Å². The van der Waals surface area contributed by atoms with Crippen molar-refractivity contribution in [3.63, 3.8) is 0 Å². The van der Waals surface area contributed by atoms with Gasteiger partial charge in [0.05, 0.1) is 11.4 Å². The van der Waals surface area contributed by atoms with Crippen LogP contribution in [0.15, 0.2) is 46.3 Å². The Morgan fingerprint density at radius 2 is 2.14 bits per heavy atom. The Hall–Kier alpha value is -2.47. The van der Waals surface area contributed by atoms with Gasteiger partial charge in [-0.1, -0.05) is 29.4 Å². The Kier molecular flexibility index (Phi) is 3.79. The van der Waals surface area contributed by atoms with Crippen LogP contribution in [0.3, 0.4) is 0 Å². The first kappa shape index (κ1) is 13.5. The largest absolute Gasteiger partial charge is 0.343 e. The van der Waals surface area contributed by atoms with Gasteiger partial charge in [-0.3, -0.25) is 4.79 Å². The fraction of sp³-hybridized carbons (Fsp3) is 0.133. The first-order valence-electron chi connectivity index (χ1n) is 6.44.